The van der Waals surface area contributed by atoms with E-state index in [1.54, 1.807) is 0 Å². The number of hydrogen-bond donors (Lipinski definition) is 2. The van der Waals surface area contributed by atoms with Gasteiger partial charge in [0.1, 0.15) is 0 Å². The van der Waals surface area contributed by atoms with Gasteiger partial charge in [-0.2, -0.15) is 0 Å². The summed E-state index contributed by atoms with van der Waals surface area (Å²) in [5.41, 5.74) is 5.48. The minimum Gasteiger partial charge on any atom is -0.384 e. The lowest BCUT2D eigenvalue weighted by molar-refractivity contribution is -0.115. The molecule has 0 saturated carbocycles. The lowest BCUT2D eigenvalue weighted by Gasteiger charge is -2.11. The van der Waals surface area contributed by atoms with Crippen molar-refractivity contribution >= 4 is 33.2 Å². The second-order valence-electron chi connectivity index (χ2n) is 5.53. The van der Waals surface area contributed by atoms with E-state index in [4.69, 9.17) is 0 Å². The molecule has 2 rings (SSSR count). The summed E-state index contributed by atoms with van der Waals surface area (Å²) in [7, 11) is 0. The molecule has 2 aromatic carbocycles. The van der Waals surface area contributed by atoms with Crippen molar-refractivity contribution in [3.63, 3.8) is 0 Å². The number of hydrogen-bond acceptors (Lipinski definition) is 2. The van der Waals surface area contributed by atoms with Crippen molar-refractivity contribution in [2.45, 2.75) is 27.2 Å². The molecule has 0 aliphatic rings. The maximum absolute atomic E-state index is 12.0. The number of aryl methyl sites for hydroxylation is 3. The van der Waals surface area contributed by atoms with E-state index in [0.29, 0.717) is 13.0 Å². The molecule has 0 bridgehead atoms. The fourth-order valence-electron chi connectivity index (χ4n) is 2.26. The normalized spacial score (nSPS) is 10.4. The van der Waals surface area contributed by atoms with Gasteiger partial charge in [0.2, 0.25) is 5.91 Å². The molecule has 0 unspecified atom stereocenters. The van der Waals surface area contributed by atoms with Crippen molar-refractivity contribution in [2.75, 3.05) is 17.2 Å². The molecule has 0 spiro atoms. The third kappa shape index (κ3) is 4.60. The van der Waals surface area contributed by atoms with Crippen LogP contribution in [-0.4, -0.2) is 12.5 Å². The van der Waals surface area contributed by atoms with Crippen LogP contribution in [0.25, 0.3) is 0 Å². The van der Waals surface area contributed by atoms with E-state index in [9.17, 15) is 4.79 Å². The van der Waals surface area contributed by atoms with Gasteiger partial charge in [0.15, 0.2) is 0 Å². The summed E-state index contributed by atoms with van der Waals surface area (Å²) in [5, 5.41) is 6.23. The van der Waals surface area contributed by atoms with Crippen LogP contribution in [0.4, 0.5) is 11.4 Å². The van der Waals surface area contributed by atoms with E-state index < -0.39 is 0 Å². The number of carbonyl (C=O) groups is 1. The van der Waals surface area contributed by atoms with E-state index in [1.807, 2.05) is 25.1 Å². The number of anilines is 2. The summed E-state index contributed by atoms with van der Waals surface area (Å²) in [4.78, 5) is 12.0. The Hall–Kier alpha value is -1.81. The molecule has 116 valence electrons. The second-order valence-corrected chi connectivity index (χ2v) is 6.38. The van der Waals surface area contributed by atoms with Gasteiger partial charge in [-0.1, -0.05) is 23.8 Å². The molecule has 0 aromatic heterocycles. The first-order chi connectivity index (χ1) is 10.5. The lowest BCUT2D eigenvalue weighted by Crippen LogP contribution is -2.16. The number of carbonyl (C=O) groups excluding carboxylic acids is 1. The van der Waals surface area contributed by atoms with Gasteiger partial charge >= 0.3 is 0 Å². The standard InChI is InChI=1S/C18H21BrN2O/c1-12-4-6-16(14(3)10-12)20-9-8-18(22)21-17-7-5-13(2)11-15(17)19/h4-7,10-11,20H,8-9H2,1-3H3,(H,21,22). The van der Waals surface area contributed by atoms with E-state index >= 15 is 0 Å². The highest BCUT2D eigenvalue weighted by molar-refractivity contribution is 9.10. The summed E-state index contributed by atoms with van der Waals surface area (Å²) < 4.78 is 0.906. The van der Waals surface area contributed by atoms with E-state index in [0.717, 1.165) is 21.4 Å². The monoisotopic (exact) mass is 360 g/mol. The molecule has 1 amide bonds. The zero-order valence-corrected chi connectivity index (χ0v) is 14.8. The third-order valence-electron chi connectivity index (χ3n) is 3.45. The van der Waals surface area contributed by atoms with Crippen molar-refractivity contribution in [3.05, 3.63) is 57.6 Å². The Bertz CT molecular complexity index is 683. The summed E-state index contributed by atoms with van der Waals surface area (Å²) in [6.45, 7) is 6.77. The highest BCUT2D eigenvalue weighted by Gasteiger charge is 2.06. The Kier molecular flexibility index (Phi) is 5.61. The summed E-state index contributed by atoms with van der Waals surface area (Å²) in [6.07, 6.45) is 0.424. The number of benzene rings is 2. The second kappa shape index (κ2) is 7.45. The van der Waals surface area contributed by atoms with Crippen LogP contribution in [-0.2, 0) is 4.79 Å². The molecule has 2 N–H and O–H groups in total. The first-order valence-electron chi connectivity index (χ1n) is 7.33. The van der Waals surface area contributed by atoms with E-state index in [-0.39, 0.29) is 5.91 Å². The molecule has 2 aromatic rings. The molecule has 3 nitrogen and oxygen atoms in total. The van der Waals surface area contributed by atoms with Gasteiger partial charge in [-0.3, -0.25) is 4.79 Å². The zero-order valence-electron chi connectivity index (χ0n) is 13.2. The molecular weight excluding hydrogens is 340 g/mol. The minimum absolute atomic E-state index is 0.00168. The highest BCUT2D eigenvalue weighted by atomic mass is 79.9. The maximum atomic E-state index is 12.0. The van der Waals surface area contributed by atoms with Crippen molar-refractivity contribution in [1.29, 1.82) is 0 Å². The van der Waals surface area contributed by atoms with Crippen LogP contribution in [0.3, 0.4) is 0 Å². The number of nitrogens with one attached hydrogen (secondary N) is 2. The van der Waals surface area contributed by atoms with Gasteiger partial charge in [-0.05, 0) is 66.0 Å². The van der Waals surface area contributed by atoms with Crippen LogP contribution < -0.4 is 10.6 Å². The molecule has 0 radical (unpaired) electrons. The fourth-order valence-corrected chi connectivity index (χ4v) is 2.85. The molecule has 0 saturated heterocycles. The average molecular weight is 361 g/mol. The average Bonchev–Trinajstić information content (AvgIpc) is 2.44. The van der Waals surface area contributed by atoms with Crippen molar-refractivity contribution < 1.29 is 4.79 Å². The molecule has 0 atom stereocenters. The zero-order chi connectivity index (χ0) is 16.1. The topological polar surface area (TPSA) is 41.1 Å². The Balaban J connectivity index is 1.85. The largest absolute Gasteiger partial charge is 0.384 e. The Labute approximate surface area is 140 Å². The molecule has 0 fully saturated rings. The van der Waals surface area contributed by atoms with E-state index in [2.05, 4.69) is 58.6 Å². The van der Waals surface area contributed by atoms with Gasteiger partial charge < -0.3 is 10.6 Å². The molecule has 0 aliphatic carbocycles. The first kappa shape index (κ1) is 16.6. The van der Waals surface area contributed by atoms with Gasteiger partial charge in [0, 0.05) is 23.1 Å². The predicted octanol–water partition coefficient (Wildman–Crippen LogP) is 4.82. The first-order valence-corrected chi connectivity index (χ1v) is 8.12. The predicted molar refractivity (Wildman–Crippen MR) is 96.5 cm³/mol. The molecule has 22 heavy (non-hydrogen) atoms. The molecule has 0 aliphatic heterocycles. The maximum Gasteiger partial charge on any atom is 0.226 e. The quantitative estimate of drug-likeness (QED) is 0.802. The summed E-state index contributed by atoms with van der Waals surface area (Å²) in [5.74, 6) is 0.00168. The number of rotatable bonds is 5. The van der Waals surface area contributed by atoms with Gasteiger partial charge in [-0.15, -0.1) is 0 Å². The molecular formula is C18H21BrN2O. The van der Waals surface area contributed by atoms with Crippen LogP contribution in [0.1, 0.15) is 23.1 Å². The van der Waals surface area contributed by atoms with Gasteiger partial charge in [-0.25, -0.2) is 0 Å². The van der Waals surface area contributed by atoms with E-state index in [1.165, 1.54) is 11.1 Å². The van der Waals surface area contributed by atoms with Crippen molar-refractivity contribution in [3.8, 4) is 0 Å². The number of amides is 1. The van der Waals surface area contributed by atoms with Gasteiger partial charge in [0.25, 0.3) is 0 Å². The Morgan fingerprint density at radius 3 is 2.27 bits per heavy atom. The van der Waals surface area contributed by atoms with Gasteiger partial charge in [0.05, 0.1) is 5.69 Å². The molecule has 4 heteroatoms. The molecule has 0 heterocycles. The summed E-state index contributed by atoms with van der Waals surface area (Å²) >= 11 is 3.47. The van der Waals surface area contributed by atoms with Crippen LogP contribution in [0.5, 0.6) is 0 Å². The minimum atomic E-state index is 0.00168. The van der Waals surface area contributed by atoms with Crippen LogP contribution in [0.2, 0.25) is 0 Å². The van der Waals surface area contributed by atoms with Crippen LogP contribution in [0, 0.1) is 20.8 Å². The van der Waals surface area contributed by atoms with Crippen LogP contribution >= 0.6 is 15.9 Å². The Morgan fingerprint density at radius 1 is 1.00 bits per heavy atom. The summed E-state index contributed by atoms with van der Waals surface area (Å²) in [6, 6.07) is 12.1. The van der Waals surface area contributed by atoms with Crippen molar-refractivity contribution in [1.82, 2.24) is 0 Å². The Morgan fingerprint density at radius 2 is 1.64 bits per heavy atom. The number of halogens is 1. The van der Waals surface area contributed by atoms with Crippen LogP contribution in [0.15, 0.2) is 40.9 Å². The SMILES string of the molecule is Cc1ccc(NCCC(=O)Nc2ccc(C)cc2Br)c(C)c1. The highest BCUT2D eigenvalue weighted by Crippen LogP contribution is 2.23. The third-order valence-corrected chi connectivity index (χ3v) is 4.10. The smallest absolute Gasteiger partial charge is 0.226 e. The lowest BCUT2D eigenvalue weighted by atomic mass is 10.1. The fraction of sp³-hybridized carbons (Fsp3) is 0.278. The van der Waals surface area contributed by atoms with Crippen molar-refractivity contribution in [2.24, 2.45) is 0 Å².